The Kier molecular flexibility index (Phi) is 4.18. The molecule has 0 heterocycles. The van der Waals surface area contributed by atoms with Gasteiger partial charge in [0.25, 0.3) is 10.0 Å². The van der Waals surface area contributed by atoms with Crippen LogP contribution in [0, 0.1) is 27.3 Å². The van der Waals surface area contributed by atoms with Crippen molar-refractivity contribution >= 4 is 15.7 Å². The van der Waals surface area contributed by atoms with E-state index in [0.717, 1.165) is 25.2 Å². The fourth-order valence-electron chi connectivity index (χ4n) is 1.33. The van der Waals surface area contributed by atoms with Crippen LogP contribution in [0.1, 0.15) is 6.92 Å². The highest BCUT2D eigenvalue weighted by atomic mass is 32.2. The zero-order chi connectivity index (χ0) is 14.8. The van der Waals surface area contributed by atoms with Gasteiger partial charge >= 0.3 is 5.69 Å². The van der Waals surface area contributed by atoms with Crippen LogP contribution < -0.4 is 0 Å². The van der Waals surface area contributed by atoms with E-state index in [9.17, 15) is 22.9 Å². The van der Waals surface area contributed by atoms with Crippen molar-refractivity contribution in [1.29, 1.82) is 5.26 Å². The van der Waals surface area contributed by atoms with Crippen LogP contribution in [0.4, 0.5) is 10.1 Å². The second-order valence-electron chi connectivity index (χ2n) is 3.67. The van der Waals surface area contributed by atoms with Crippen LogP contribution in [0.15, 0.2) is 23.1 Å². The summed E-state index contributed by atoms with van der Waals surface area (Å²) in [6.45, 7) is 1.31. The SMILES string of the molecule is CC(C#N)N(C)S(=O)(=O)c1cccc(F)c1[N+](=O)[O-]. The minimum absolute atomic E-state index is 0.648. The largest absolute Gasteiger partial charge is 0.324 e. The van der Waals surface area contributed by atoms with E-state index in [1.54, 1.807) is 6.07 Å². The standard InChI is InChI=1S/C10H10FN3O4S/c1-7(6-12)13(2)19(17,18)9-5-3-4-8(11)10(9)14(15)16/h3-5,7H,1-2H3. The number of nitriles is 1. The minimum Gasteiger partial charge on any atom is -0.258 e. The molecule has 0 aliphatic heterocycles. The van der Waals surface area contributed by atoms with Gasteiger partial charge in [-0.15, -0.1) is 0 Å². The highest BCUT2D eigenvalue weighted by molar-refractivity contribution is 7.89. The molecule has 9 heteroatoms. The fraction of sp³-hybridized carbons (Fsp3) is 0.300. The highest BCUT2D eigenvalue weighted by Crippen LogP contribution is 2.29. The van der Waals surface area contributed by atoms with Gasteiger partial charge in [-0.1, -0.05) is 6.07 Å². The third-order valence-electron chi connectivity index (χ3n) is 2.52. The maximum atomic E-state index is 13.4. The normalized spacial score (nSPS) is 13.0. The molecule has 0 aliphatic rings. The fourth-order valence-corrected chi connectivity index (χ4v) is 2.77. The Morgan fingerprint density at radius 2 is 2.11 bits per heavy atom. The number of hydrogen-bond donors (Lipinski definition) is 0. The van der Waals surface area contributed by atoms with Crippen molar-refractivity contribution in [3.63, 3.8) is 0 Å². The Morgan fingerprint density at radius 3 is 2.58 bits per heavy atom. The molecule has 7 nitrogen and oxygen atoms in total. The number of nitro benzene ring substituents is 1. The van der Waals surface area contributed by atoms with Crippen LogP contribution in [0.3, 0.4) is 0 Å². The molecule has 0 aliphatic carbocycles. The number of halogens is 1. The molecule has 0 amide bonds. The van der Waals surface area contributed by atoms with Crippen molar-refractivity contribution in [2.24, 2.45) is 0 Å². The third-order valence-corrected chi connectivity index (χ3v) is 4.48. The first-order valence-corrected chi connectivity index (χ1v) is 6.48. The van der Waals surface area contributed by atoms with Crippen LogP contribution in [-0.2, 0) is 10.0 Å². The molecule has 0 aromatic heterocycles. The lowest BCUT2D eigenvalue weighted by molar-refractivity contribution is -0.390. The van der Waals surface area contributed by atoms with Crippen LogP contribution in [-0.4, -0.2) is 30.7 Å². The monoisotopic (exact) mass is 287 g/mol. The summed E-state index contributed by atoms with van der Waals surface area (Å²) < 4.78 is 38.3. The van der Waals surface area contributed by atoms with E-state index < -0.39 is 37.4 Å². The smallest absolute Gasteiger partial charge is 0.258 e. The number of nitro groups is 1. The molecule has 0 N–H and O–H groups in total. The molecule has 0 bridgehead atoms. The Labute approximate surface area is 109 Å². The van der Waals surface area contributed by atoms with E-state index in [-0.39, 0.29) is 0 Å². The quantitative estimate of drug-likeness (QED) is 0.612. The van der Waals surface area contributed by atoms with Gasteiger partial charge in [0.05, 0.1) is 11.0 Å². The maximum Gasteiger partial charge on any atom is 0.324 e. The van der Waals surface area contributed by atoms with E-state index >= 15 is 0 Å². The molecule has 0 saturated carbocycles. The summed E-state index contributed by atoms with van der Waals surface area (Å²) in [6, 6.07) is 3.43. The van der Waals surface area contributed by atoms with E-state index in [1.807, 2.05) is 0 Å². The topological polar surface area (TPSA) is 104 Å². The van der Waals surface area contributed by atoms with Gasteiger partial charge in [-0.05, 0) is 19.1 Å². The highest BCUT2D eigenvalue weighted by Gasteiger charge is 2.34. The summed E-state index contributed by atoms with van der Waals surface area (Å²) in [4.78, 5) is 8.89. The maximum absolute atomic E-state index is 13.4. The number of nitrogens with zero attached hydrogens (tertiary/aromatic N) is 3. The van der Waals surface area contributed by atoms with E-state index in [4.69, 9.17) is 5.26 Å². The van der Waals surface area contributed by atoms with E-state index in [2.05, 4.69) is 0 Å². The molecule has 0 radical (unpaired) electrons. The predicted molar refractivity (Wildman–Crippen MR) is 63.1 cm³/mol. The minimum atomic E-state index is -4.32. The van der Waals surface area contributed by atoms with Gasteiger partial charge < -0.3 is 0 Å². The Morgan fingerprint density at radius 1 is 1.53 bits per heavy atom. The van der Waals surface area contributed by atoms with Gasteiger partial charge in [0.15, 0.2) is 4.90 Å². The van der Waals surface area contributed by atoms with Crippen molar-refractivity contribution in [2.75, 3.05) is 7.05 Å². The van der Waals surface area contributed by atoms with Crippen molar-refractivity contribution < 1.29 is 17.7 Å². The molecular weight excluding hydrogens is 277 g/mol. The predicted octanol–water partition coefficient (Wildman–Crippen LogP) is 1.27. The van der Waals surface area contributed by atoms with Crippen LogP contribution in [0.5, 0.6) is 0 Å². The van der Waals surface area contributed by atoms with Crippen LogP contribution >= 0.6 is 0 Å². The molecule has 102 valence electrons. The molecule has 1 aromatic carbocycles. The summed E-state index contributed by atoms with van der Waals surface area (Å²) >= 11 is 0. The van der Waals surface area contributed by atoms with Crippen molar-refractivity contribution in [2.45, 2.75) is 17.9 Å². The zero-order valence-electron chi connectivity index (χ0n) is 10.1. The molecule has 1 atom stereocenters. The van der Waals surface area contributed by atoms with Gasteiger partial charge in [0.1, 0.15) is 6.04 Å². The first kappa shape index (κ1) is 15.0. The Bertz CT molecular complexity index is 653. The lowest BCUT2D eigenvalue weighted by Crippen LogP contribution is -2.34. The van der Waals surface area contributed by atoms with Crippen LogP contribution in [0.2, 0.25) is 0 Å². The Hall–Kier alpha value is -2.05. The summed E-state index contributed by atoms with van der Waals surface area (Å²) in [5, 5.41) is 19.5. The van der Waals surface area contributed by atoms with Gasteiger partial charge in [0, 0.05) is 7.05 Å². The number of sulfonamides is 1. The third kappa shape index (κ3) is 2.69. The second-order valence-corrected chi connectivity index (χ2v) is 5.64. The van der Waals surface area contributed by atoms with Gasteiger partial charge in [-0.3, -0.25) is 10.1 Å². The van der Waals surface area contributed by atoms with Crippen molar-refractivity contribution in [1.82, 2.24) is 4.31 Å². The van der Waals surface area contributed by atoms with Crippen LogP contribution in [0.25, 0.3) is 0 Å². The lowest BCUT2D eigenvalue weighted by Gasteiger charge is -2.18. The molecule has 0 spiro atoms. The van der Waals surface area contributed by atoms with Crippen molar-refractivity contribution in [3.8, 4) is 6.07 Å². The van der Waals surface area contributed by atoms with Crippen molar-refractivity contribution in [3.05, 3.63) is 34.1 Å². The number of hydrogen-bond acceptors (Lipinski definition) is 5. The zero-order valence-corrected chi connectivity index (χ0v) is 10.9. The number of para-hydroxylation sites is 1. The first-order chi connectivity index (χ1) is 8.73. The number of benzene rings is 1. The summed E-state index contributed by atoms with van der Waals surface area (Å²) in [7, 11) is -3.22. The molecule has 0 fully saturated rings. The molecule has 19 heavy (non-hydrogen) atoms. The van der Waals surface area contributed by atoms with Gasteiger partial charge in [0.2, 0.25) is 5.82 Å². The first-order valence-electron chi connectivity index (χ1n) is 5.04. The van der Waals surface area contributed by atoms with Gasteiger partial charge in [-0.2, -0.15) is 14.0 Å². The van der Waals surface area contributed by atoms with Gasteiger partial charge in [-0.25, -0.2) is 8.42 Å². The number of rotatable bonds is 4. The molecule has 1 unspecified atom stereocenters. The van der Waals surface area contributed by atoms with E-state index in [0.29, 0.717) is 4.31 Å². The molecule has 1 rings (SSSR count). The van der Waals surface area contributed by atoms with E-state index in [1.165, 1.54) is 6.92 Å². The lowest BCUT2D eigenvalue weighted by atomic mass is 10.3. The summed E-state index contributed by atoms with van der Waals surface area (Å²) in [5.74, 6) is -1.25. The average molecular weight is 287 g/mol. The average Bonchev–Trinajstić information content (AvgIpc) is 2.35. The summed E-state index contributed by atoms with van der Waals surface area (Å²) in [6.07, 6.45) is 0. The molecular formula is C10H10FN3O4S. The summed E-state index contributed by atoms with van der Waals surface area (Å²) in [5.41, 5.74) is -1.13. The Balaban J connectivity index is 3.51. The second kappa shape index (κ2) is 5.29. The molecule has 0 saturated heterocycles. The molecule has 1 aromatic rings.